The Kier molecular flexibility index (Phi) is 6.11. The summed E-state index contributed by atoms with van der Waals surface area (Å²) in [6.45, 7) is 0. The van der Waals surface area contributed by atoms with E-state index in [0.717, 1.165) is 5.56 Å². The summed E-state index contributed by atoms with van der Waals surface area (Å²) in [4.78, 5) is 10.4. The molecule has 0 saturated heterocycles. The number of rotatable bonds is 3. The molecule has 1 rings (SSSR count). The molecule has 1 aromatic rings. The average molecular weight is 223 g/mol. The molecule has 4 N–H and O–H groups in total. The van der Waals surface area contributed by atoms with Crippen LogP contribution in [0.3, 0.4) is 0 Å². The van der Waals surface area contributed by atoms with E-state index in [9.17, 15) is 4.79 Å². The summed E-state index contributed by atoms with van der Waals surface area (Å²) in [6.07, 6.45) is 0.273. The van der Waals surface area contributed by atoms with E-state index in [0.29, 0.717) is 0 Å². The van der Waals surface area contributed by atoms with Gasteiger partial charge in [0.2, 0.25) is 0 Å². The van der Waals surface area contributed by atoms with Gasteiger partial charge in [0.25, 0.3) is 0 Å². The zero-order chi connectivity index (χ0) is 9.84. The van der Waals surface area contributed by atoms with Crippen LogP contribution >= 0.6 is 0 Å². The molecule has 14 heavy (non-hydrogen) atoms. The predicted molar refractivity (Wildman–Crippen MR) is 55.4 cm³/mol. The quantitative estimate of drug-likeness (QED) is 0.639. The molecule has 0 aliphatic carbocycles. The van der Waals surface area contributed by atoms with Gasteiger partial charge in [-0.15, -0.1) is 0 Å². The smallest absolute Gasteiger partial charge is 1.00 e. The molecule has 74 valence electrons. The largest absolute Gasteiger partial charge is 2.00 e. The van der Waals surface area contributed by atoms with Gasteiger partial charge in [0.15, 0.2) is 0 Å². The normalized spacial score (nSPS) is 11.5. The van der Waals surface area contributed by atoms with Crippen LogP contribution in [0.5, 0.6) is 5.75 Å². The van der Waals surface area contributed by atoms with Gasteiger partial charge < -0.3 is 18.8 Å². The first kappa shape index (κ1) is 13.7. The van der Waals surface area contributed by atoms with Crippen LogP contribution in [0.1, 0.15) is 8.42 Å². The van der Waals surface area contributed by atoms with Crippen LogP contribution in [-0.2, 0) is 11.2 Å². The fourth-order valence-electron chi connectivity index (χ4n) is 0.973. The summed E-state index contributed by atoms with van der Waals surface area (Å²) in [5, 5.41) is 17.5. The summed E-state index contributed by atoms with van der Waals surface area (Å²) in [5.41, 5.74) is 6.12. The maximum absolute atomic E-state index is 10.4. The van der Waals surface area contributed by atoms with E-state index in [1.807, 2.05) is 0 Å². The molecule has 0 amide bonds. The number of aromatic hydroxyl groups is 1. The van der Waals surface area contributed by atoms with Crippen LogP contribution in [0, 0.1) is 0 Å². The molecule has 1 aromatic carbocycles. The summed E-state index contributed by atoms with van der Waals surface area (Å²) < 4.78 is 0. The van der Waals surface area contributed by atoms with E-state index in [2.05, 4.69) is 0 Å². The van der Waals surface area contributed by atoms with Crippen molar-refractivity contribution < 1.29 is 17.9 Å². The van der Waals surface area contributed by atoms with Gasteiger partial charge in [-0.2, -0.15) is 0 Å². The number of phenols is 1. The van der Waals surface area contributed by atoms with E-state index in [4.69, 9.17) is 15.9 Å². The van der Waals surface area contributed by atoms with Crippen LogP contribution in [-0.4, -0.2) is 60.0 Å². The second-order valence-corrected chi connectivity index (χ2v) is 2.82. The Balaban J connectivity index is -0.000000563. The van der Waals surface area contributed by atoms with Gasteiger partial charge in [0, 0.05) is 0 Å². The first-order valence-corrected chi connectivity index (χ1v) is 3.86. The summed E-state index contributed by atoms with van der Waals surface area (Å²) in [7, 11) is 0. The number of carboxylic acids is 1. The Hall–Kier alpha value is -0.290. The number of nitrogens with two attached hydrogens (primary N) is 1. The van der Waals surface area contributed by atoms with Crippen LogP contribution < -0.4 is 5.73 Å². The van der Waals surface area contributed by atoms with Crippen molar-refractivity contribution in [1.29, 1.82) is 0 Å². The molecular weight excluding hydrogens is 210 g/mol. The minimum Gasteiger partial charge on any atom is -1.00 e. The maximum atomic E-state index is 10.4. The van der Waals surface area contributed by atoms with Crippen molar-refractivity contribution in [3.8, 4) is 5.75 Å². The average Bonchev–Trinajstić information content (AvgIpc) is 2.08. The fraction of sp³-hybridized carbons (Fsp3) is 0.222. The van der Waals surface area contributed by atoms with Crippen molar-refractivity contribution in [2.24, 2.45) is 5.73 Å². The van der Waals surface area contributed by atoms with Crippen LogP contribution in [0.15, 0.2) is 24.3 Å². The molecule has 0 fully saturated rings. The van der Waals surface area contributed by atoms with Crippen molar-refractivity contribution in [2.45, 2.75) is 12.5 Å². The van der Waals surface area contributed by atoms with E-state index in [1.165, 1.54) is 12.1 Å². The molecule has 0 aliphatic heterocycles. The molecule has 0 unspecified atom stereocenters. The zero-order valence-corrected chi connectivity index (χ0v) is 9.89. The van der Waals surface area contributed by atoms with Crippen molar-refractivity contribution in [1.82, 2.24) is 0 Å². The number of aliphatic carboxylic acids is 1. The topological polar surface area (TPSA) is 83.5 Å². The van der Waals surface area contributed by atoms with Crippen molar-refractivity contribution >= 4 is 43.7 Å². The first-order valence-electron chi connectivity index (χ1n) is 3.86. The van der Waals surface area contributed by atoms with E-state index in [1.54, 1.807) is 12.1 Å². The minimum atomic E-state index is -1.02. The third kappa shape index (κ3) is 4.28. The van der Waals surface area contributed by atoms with Gasteiger partial charge in [-0.1, -0.05) is 12.1 Å². The Bertz CT molecular complexity index is 308. The van der Waals surface area contributed by atoms with Crippen molar-refractivity contribution in [3.63, 3.8) is 0 Å². The molecule has 0 radical (unpaired) electrons. The number of hydrogen-bond donors (Lipinski definition) is 3. The molecule has 5 heteroatoms. The maximum Gasteiger partial charge on any atom is 2.00 e. The number of benzene rings is 1. The SMILES string of the molecule is N[C@@H](Cc1ccc(O)cc1)C(=O)O.[Ca+2].[H-].[H-]. The third-order valence-electron chi connectivity index (χ3n) is 1.71. The van der Waals surface area contributed by atoms with E-state index >= 15 is 0 Å². The molecule has 0 saturated carbocycles. The van der Waals surface area contributed by atoms with Crippen LogP contribution in [0.2, 0.25) is 0 Å². The minimum absolute atomic E-state index is 0. The summed E-state index contributed by atoms with van der Waals surface area (Å²) in [5.74, 6) is -0.860. The van der Waals surface area contributed by atoms with Gasteiger partial charge in [-0.25, -0.2) is 0 Å². The van der Waals surface area contributed by atoms with E-state index in [-0.39, 0.29) is 52.8 Å². The molecular formula is C9H13CaNO3. The van der Waals surface area contributed by atoms with Crippen molar-refractivity contribution in [3.05, 3.63) is 29.8 Å². The molecule has 0 aromatic heterocycles. The Morgan fingerprint density at radius 3 is 2.36 bits per heavy atom. The predicted octanol–water partition coefficient (Wildman–Crippen LogP) is 0.191. The summed E-state index contributed by atoms with van der Waals surface area (Å²) in [6, 6.07) is 5.42. The molecule has 1 atom stereocenters. The van der Waals surface area contributed by atoms with Gasteiger partial charge in [-0.05, 0) is 24.1 Å². The molecule has 0 spiro atoms. The van der Waals surface area contributed by atoms with Gasteiger partial charge in [-0.3, -0.25) is 4.79 Å². The molecule has 4 nitrogen and oxygen atoms in total. The van der Waals surface area contributed by atoms with Crippen molar-refractivity contribution in [2.75, 3.05) is 0 Å². The van der Waals surface area contributed by atoms with Crippen LogP contribution in [0.4, 0.5) is 0 Å². The third-order valence-corrected chi connectivity index (χ3v) is 1.71. The Labute approximate surface area is 115 Å². The Morgan fingerprint density at radius 1 is 1.43 bits per heavy atom. The second kappa shape index (κ2) is 6.24. The Morgan fingerprint density at radius 2 is 1.93 bits per heavy atom. The summed E-state index contributed by atoms with van der Waals surface area (Å²) >= 11 is 0. The van der Waals surface area contributed by atoms with E-state index < -0.39 is 12.0 Å². The van der Waals surface area contributed by atoms with Gasteiger partial charge >= 0.3 is 43.7 Å². The number of phenolic OH excluding ortho intramolecular Hbond substituents is 1. The number of carbonyl (C=O) groups is 1. The standard InChI is InChI=1S/C9H11NO3.Ca.2H/c10-8(9(12)13)5-6-1-3-7(11)4-2-6;;;/h1-4,8,11H,5,10H2,(H,12,13);;;/q;+2;2*-1/t8-;;;/m0.../s1. The fourth-order valence-corrected chi connectivity index (χ4v) is 0.973. The van der Waals surface area contributed by atoms with Gasteiger partial charge in [0.1, 0.15) is 11.8 Å². The number of hydrogen-bond acceptors (Lipinski definition) is 3. The molecule has 0 aliphatic rings. The number of carboxylic acid groups (broad SMARTS) is 1. The second-order valence-electron chi connectivity index (χ2n) is 2.82. The molecule has 0 heterocycles. The molecule has 0 bridgehead atoms. The zero-order valence-electron chi connectivity index (χ0n) is 9.68. The van der Waals surface area contributed by atoms with Gasteiger partial charge in [0.05, 0.1) is 0 Å². The van der Waals surface area contributed by atoms with Crippen LogP contribution in [0.25, 0.3) is 0 Å². The monoisotopic (exact) mass is 223 g/mol. The first-order chi connectivity index (χ1) is 6.09.